The number of rotatable bonds is 8. The maximum atomic E-state index is 12.3. The highest BCUT2D eigenvalue weighted by Gasteiger charge is 2.33. The fourth-order valence-electron chi connectivity index (χ4n) is 2.53. The molecule has 6 heteroatoms. The van der Waals surface area contributed by atoms with Crippen LogP contribution in [-0.4, -0.2) is 43.8 Å². The summed E-state index contributed by atoms with van der Waals surface area (Å²) >= 11 is 1.82. The van der Waals surface area contributed by atoms with Crippen LogP contribution in [0.5, 0.6) is 0 Å². The molecule has 1 unspecified atom stereocenters. The van der Waals surface area contributed by atoms with Crippen molar-refractivity contribution < 1.29 is 8.42 Å². The first-order chi connectivity index (χ1) is 9.31. The molecule has 0 aliphatic heterocycles. The fraction of sp³-hybridized carbons (Fsp3) is 1.00. The van der Waals surface area contributed by atoms with Gasteiger partial charge in [0.15, 0.2) is 0 Å². The zero-order chi connectivity index (χ0) is 15.2. The Morgan fingerprint density at radius 3 is 2.25 bits per heavy atom. The quantitative estimate of drug-likeness (QED) is 0.720. The van der Waals surface area contributed by atoms with E-state index in [1.807, 2.05) is 25.6 Å². The first-order valence-corrected chi connectivity index (χ1v) is 10.4. The molecule has 0 bridgehead atoms. The molecule has 1 aliphatic rings. The van der Waals surface area contributed by atoms with E-state index in [0.29, 0.717) is 19.1 Å². The van der Waals surface area contributed by atoms with E-state index in [0.717, 1.165) is 12.8 Å². The number of thioether (sulfide) groups is 1. The van der Waals surface area contributed by atoms with Gasteiger partial charge in [-0.2, -0.15) is 11.8 Å². The van der Waals surface area contributed by atoms with Crippen molar-refractivity contribution in [2.24, 2.45) is 0 Å². The van der Waals surface area contributed by atoms with Crippen LogP contribution in [0.25, 0.3) is 0 Å². The fourth-order valence-corrected chi connectivity index (χ4v) is 4.62. The maximum absolute atomic E-state index is 12.3. The molecule has 4 nitrogen and oxygen atoms in total. The van der Waals surface area contributed by atoms with Gasteiger partial charge < -0.3 is 5.32 Å². The van der Waals surface area contributed by atoms with Gasteiger partial charge in [0.05, 0.1) is 5.25 Å². The molecule has 0 aromatic carbocycles. The van der Waals surface area contributed by atoms with Crippen LogP contribution in [0.1, 0.15) is 52.9 Å². The number of hydrogen-bond donors (Lipinski definition) is 2. The zero-order valence-electron chi connectivity index (χ0n) is 13.2. The molecule has 1 saturated carbocycles. The van der Waals surface area contributed by atoms with Crippen LogP contribution in [-0.2, 0) is 10.0 Å². The van der Waals surface area contributed by atoms with E-state index in [4.69, 9.17) is 0 Å². The van der Waals surface area contributed by atoms with E-state index >= 15 is 0 Å². The number of sulfonamides is 1. The SMILES string of the molecule is CSC1(CNS(=O)(=O)C(C)CNC(C)C)CCCCC1. The maximum Gasteiger partial charge on any atom is 0.215 e. The predicted molar refractivity (Wildman–Crippen MR) is 88.9 cm³/mol. The second-order valence-electron chi connectivity index (χ2n) is 6.19. The van der Waals surface area contributed by atoms with E-state index in [2.05, 4.69) is 16.3 Å². The van der Waals surface area contributed by atoms with Crippen LogP contribution in [0.3, 0.4) is 0 Å². The van der Waals surface area contributed by atoms with Gasteiger partial charge in [-0.25, -0.2) is 13.1 Å². The molecule has 1 aliphatic carbocycles. The summed E-state index contributed by atoms with van der Waals surface area (Å²) in [4.78, 5) is 0. The van der Waals surface area contributed by atoms with Crippen LogP contribution >= 0.6 is 11.8 Å². The van der Waals surface area contributed by atoms with Crippen molar-refractivity contribution in [1.29, 1.82) is 0 Å². The molecule has 0 heterocycles. The van der Waals surface area contributed by atoms with Crippen LogP contribution in [0, 0.1) is 0 Å². The van der Waals surface area contributed by atoms with Crippen LogP contribution in [0.4, 0.5) is 0 Å². The first-order valence-electron chi connectivity index (χ1n) is 7.58. The molecule has 0 radical (unpaired) electrons. The van der Waals surface area contributed by atoms with Gasteiger partial charge in [-0.3, -0.25) is 0 Å². The summed E-state index contributed by atoms with van der Waals surface area (Å²) in [6.07, 6.45) is 8.05. The summed E-state index contributed by atoms with van der Waals surface area (Å²) in [5, 5.41) is 2.79. The van der Waals surface area contributed by atoms with Crippen molar-refractivity contribution in [3.8, 4) is 0 Å². The third-order valence-electron chi connectivity index (χ3n) is 4.14. The highest BCUT2D eigenvalue weighted by Crippen LogP contribution is 2.38. The summed E-state index contributed by atoms with van der Waals surface area (Å²) < 4.78 is 27.5. The molecule has 120 valence electrons. The highest BCUT2D eigenvalue weighted by molar-refractivity contribution is 8.00. The van der Waals surface area contributed by atoms with Crippen LogP contribution in [0.15, 0.2) is 0 Å². The molecule has 1 atom stereocenters. The Morgan fingerprint density at radius 2 is 1.75 bits per heavy atom. The van der Waals surface area contributed by atoms with E-state index in [-0.39, 0.29) is 4.75 Å². The zero-order valence-corrected chi connectivity index (χ0v) is 14.9. The summed E-state index contributed by atoms with van der Waals surface area (Å²) in [6.45, 7) is 6.89. The Balaban J connectivity index is 2.52. The molecule has 20 heavy (non-hydrogen) atoms. The van der Waals surface area contributed by atoms with Gasteiger partial charge in [0.1, 0.15) is 0 Å². The predicted octanol–water partition coefficient (Wildman–Crippen LogP) is 2.36. The van der Waals surface area contributed by atoms with Crippen molar-refractivity contribution in [1.82, 2.24) is 10.0 Å². The lowest BCUT2D eigenvalue weighted by molar-refractivity contribution is 0.394. The monoisotopic (exact) mass is 322 g/mol. The topological polar surface area (TPSA) is 58.2 Å². The van der Waals surface area contributed by atoms with Crippen LogP contribution in [0.2, 0.25) is 0 Å². The van der Waals surface area contributed by atoms with E-state index in [9.17, 15) is 8.42 Å². The number of nitrogens with one attached hydrogen (secondary N) is 2. The lowest BCUT2D eigenvalue weighted by atomic mass is 9.88. The summed E-state index contributed by atoms with van der Waals surface area (Å²) in [5.74, 6) is 0. The third kappa shape index (κ3) is 5.54. The van der Waals surface area contributed by atoms with Crippen LogP contribution < -0.4 is 10.0 Å². The van der Waals surface area contributed by atoms with Crippen molar-refractivity contribution in [2.75, 3.05) is 19.3 Å². The molecule has 0 amide bonds. The van der Waals surface area contributed by atoms with Gasteiger partial charge >= 0.3 is 0 Å². The summed E-state index contributed by atoms with van der Waals surface area (Å²) in [6, 6.07) is 0.309. The van der Waals surface area contributed by atoms with Crippen molar-refractivity contribution in [2.45, 2.75) is 68.9 Å². The Morgan fingerprint density at radius 1 is 1.15 bits per heavy atom. The molecular formula is C14H30N2O2S2. The largest absolute Gasteiger partial charge is 0.313 e. The second-order valence-corrected chi connectivity index (χ2v) is 9.65. The minimum Gasteiger partial charge on any atom is -0.313 e. The smallest absolute Gasteiger partial charge is 0.215 e. The summed E-state index contributed by atoms with van der Waals surface area (Å²) in [5.41, 5.74) is 0. The molecular weight excluding hydrogens is 292 g/mol. The van der Waals surface area contributed by atoms with Gasteiger partial charge in [-0.1, -0.05) is 33.1 Å². The van der Waals surface area contributed by atoms with E-state index in [1.165, 1.54) is 19.3 Å². The average molecular weight is 323 g/mol. The van der Waals surface area contributed by atoms with E-state index in [1.54, 1.807) is 6.92 Å². The first kappa shape index (κ1) is 18.3. The molecule has 1 rings (SSSR count). The molecule has 0 aromatic rings. The molecule has 0 saturated heterocycles. The van der Waals surface area contributed by atoms with Crippen molar-refractivity contribution in [3.05, 3.63) is 0 Å². The Bertz CT molecular complexity index is 377. The van der Waals surface area contributed by atoms with Gasteiger partial charge in [0.25, 0.3) is 0 Å². The van der Waals surface area contributed by atoms with E-state index < -0.39 is 15.3 Å². The second kappa shape index (κ2) is 8.01. The van der Waals surface area contributed by atoms with Crippen molar-refractivity contribution >= 4 is 21.8 Å². The minimum atomic E-state index is -3.23. The van der Waals surface area contributed by atoms with Gasteiger partial charge in [0.2, 0.25) is 10.0 Å². The molecule has 0 spiro atoms. The summed E-state index contributed by atoms with van der Waals surface area (Å²) in [7, 11) is -3.23. The Labute approximate surface area is 128 Å². The highest BCUT2D eigenvalue weighted by atomic mass is 32.2. The Kier molecular flexibility index (Phi) is 7.32. The standard InChI is InChI=1S/C14H30N2O2S2/c1-12(2)15-10-13(3)20(17,18)16-11-14(19-4)8-6-5-7-9-14/h12-13,15-16H,5-11H2,1-4H3. The molecule has 2 N–H and O–H groups in total. The lowest BCUT2D eigenvalue weighted by Gasteiger charge is -2.36. The molecule has 0 aromatic heterocycles. The average Bonchev–Trinajstić information content (AvgIpc) is 2.43. The van der Waals surface area contributed by atoms with Gasteiger partial charge in [0, 0.05) is 23.9 Å². The third-order valence-corrected chi connectivity index (χ3v) is 7.33. The minimum absolute atomic E-state index is 0.108. The normalized spacial score (nSPS) is 21.1. The van der Waals surface area contributed by atoms with Gasteiger partial charge in [-0.05, 0) is 26.0 Å². The molecule has 1 fully saturated rings. The Hall–Kier alpha value is 0.220. The van der Waals surface area contributed by atoms with Gasteiger partial charge in [-0.15, -0.1) is 0 Å². The van der Waals surface area contributed by atoms with Crippen molar-refractivity contribution in [3.63, 3.8) is 0 Å². The number of hydrogen-bond acceptors (Lipinski definition) is 4. The lowest BCUT2D eigenvalue weighted by Crippen LogP contribution is -2.46.